The Morgan fingerprint density at radius 2 is 1.76 bits per heavy atom. The normalized spacial score (nSPS) is 10.4. The number of amides is 1. The fourth-order valence-corrected chi connectivity index (χ4v) is 2.15. The van der Waals surface area contributed by atoms with Crippen LogP contribution in [0.2, 0.25) is 0 Å². The Morgan fingerprint density at radius 1 is 1.00 bits per heavy atom. The van der Waals surface area contributed by atoms with Crippen LogP contribution in [0.3, 0.4) is 0 Å². The molecule has 0 bridgehead atoms. The van der Waals surface area contributed by atoms with E-state index in [2.05, 4.69) is 24.5 Å². The number of ether oxygens (including phenoxy) is 2. The van der Waals surface area contributed by atoms with E-state index in [0.29, 0.717) is 19.1 Å². The van der Waals surface area contributed by atoms with Crippen LogP contribution in [0.5, 0.6) is 11.5 Å². The highest BCUT2D eigenvalue weighted by Crippen LogP contribution is 2.18. The highest BCUT2D eigenvalue weighted by atomic mass is 16.5. The molecule has 0 fully saturated rings. The van der Waals surface area contributed by atoms with Gasteiger partial charge in [-0.3, -0.25) is 4.79 Å². The van der Waals surface area contributed by atoms with Crippen molar-refractivity contribution in [2.45, 2.75) is 20.8 Å². The lowest BCUT2D eigenvalue weighted by Gasteiger charge is -2.11. The maximum Gasteiger partial charge on any atom is 0.243 e. The van der Waals surface area contributed by atoms with Gasteiger partial charge in [0.2, 0.25) is 5.91 Å². The fourth-order valence-electron chi connectivity index (χ4n) is 2.15. The van der Waals surface area contributed by atoms with Crippen LogP contribution in [0.1, 0.15) is 20.8 Å². The first kappa shape index (κ1) is 18.6. The van der Waals surface area contributed by atoms with E-state index in [-0.39, 0.29) is 12.5 Å². The Morgan fingerprint density at radius 3 is 2.44 bits per heavy atom. The van der Waals surface area contributed by atoms with Gasteiger partial charge in [0.1, 0.15) is 11.5 Å². The fraction of sp³-hybridized carbons (Fsp3) is 0.350. The lowest BCUT2D eigenvalue weighted by atomic mass is 10.2. The predicted octanol–water partition coefficient (Wildman–Crippen LogP) is 4.17. The number of rotatable bonds is 9. The summed E-state index contributed by atoms with van der Waals surface area (Å²) in [6, 6.07) is 14.9. The zero-order chi connectivity index (χ0) is 18.1. The smallest absolute Gasteiger partial charge is 0.243 e. The molecule has 1 amide bonds. The lowest BCUT2D eigenvalue weighted by Crippen LogP contribution is -2.21. The van der Waals surface area contributed by atoms with Crippen LogP contribution in [0.4, 0.5) is 11.4 Å². The topological polar surface area (TPSA) is 59.6 Å². The van der Waals surface area contributed by atoms with Gasteiger partial charge in [0, 0.05) is 17.4 Å². The minimum atomic E-state index is -0.113. The van der Waals surface area contributed by atoms with Crippen LogP contribution in [0.25, 0.3) is 0 Å². The van der Waals surface area contributed by atoms with Gasteiger partial charge >= 0.3 is 0 Å². The zero-order valence-corrected chi connectivity index (χ0v) is 15.0. The van der Waals surface area contributed by atoms with Crippen molar-refractivity contribution in [1.29, 1.82) is 0 Å². The predicted molar refractivity (Wildman–Crippen MR) is 102 cm³/mol. The minimum absolute atomic E-state index is 0.113. The molecule has 0 spiro atoms. The molecule has 0 atom stereocenters. The van der Waals surface area contributed by atoms with Crippen molar-refractivity contribution < 1.29 is 14.3 Å². The Balaban J connectivity index is 1.82. The molecule has 2 rings (SSSR count). The van der Waals surface area contributed by atoms with Crippen molar-refractivity contribution in [2.75, 3.05) is 30.4 Å². The summed E-state index contributed by atoms with van der Waals surface area (Å²) >= 11 is 0. The summed E-state index contributed by atoms with van der Waals surface area (Å²) in [6.07, 6.45) is 0. The van der Waals surface area contributed by atoms with Gasteiger partial charge in [-0.25, -0.2) is 0 Å². The van der Waals surface area contributed by atoms with E-state index in [1.807, 2.05) is 55.5 Å². The Kier molecular flexibility index (Phi) is 7.14. The molecule has 0 radical (unpaired) electrons. The number of hydrogen-bond donors (Lipinski definition) is 2. The van der Waals surface area contributed by atoms with Crippen molar-refractivity contribution in [1.82, 2.24) is 0 Å². The minimum Gasteiger partial charge on any atom is -0.494 e. The summed E-state index contributed by atoms with van der Waals surface area (Å²) in [4.78, 5) is 12.1. The number of hydrogen-bond acceptors (Lipinski definition) is 4. The van der Waals surface area contributed by atoms with Gasteiger partial charge in [0.05, 0.1) is 19.8 Å². The molecule has 0 unspecified atom stereocenters. The number of nitrogens with one attached hydrogen (secondary N) is 2. The first-order valence-corrected chi connectivity index (χ1v) is 8.56. The zero-order valence-electron chi connectivity index (χ0n) is 15.0. The first-order valence-electron chi connectivity index (χ1n) is 8.56. The van der Waals surface area contributed by atoms with Crippen LogP contribution in [-0.4, -0.2) is 25.7 Å². The van der Waals surface area contributed by atoms with Crippen molar-refractivity contribution in [3.8, 4) is 11.5 Å². The van der Waals surface area contributed by atoms with Crippen LogP contribution < -0.4 is 20.1 Å². The van der Waals surface area contributed by atoms with E-state index in [4.69, 9.17) is 9.47 Å². The van der Waals surface area contributed by atoms with E-state index in [9.17, 15) is 4.79 Å². The largest absolute Gasteiger partial charge is 0.494 e. The third-order valence-corrected chi connectivity index (χ3v) is 3.32. The average Bonchev–Trinajstić information content (AvgIpc) is 2.60. The Hall–Kier alpha value is -2.69. The molecule has 2 aromatic rings. The molecule has 134 valence electrons. The molecule has 2 N–H and O–H groups in total. The van der Waals surface area contributed by atoms with Gasteiger partial charge in [0.15, 0.2) is 0 Å². The quantitative estimate of drug-likeness (QED) is 0.718. The van der Waals surface area contributed by atoms with E-state index >= 15 is 0 Å². The van der Waals surface area contributed by atoms with Crippen molar-refractivity contribution in [3.05, 3.63) is 48.5 Å². The van der Waals surface area contributed by atoms with Crippen LogP contribution in [0, 0.1) is 5.92 Å². The number of benzene rings is 2. The molecule has 5 heteroatoms. The van der Waals surface area contributed by atoms with Crippen LogP contribution in [-0.2, 0) is 4.79 Å². The van der Waals surface area contributed by atoms with E-state index in [0.717, 1.165) is 22.9 Å². The van der Waals surface area contributed by atoms with Crippen molar-refractivity contribution >= 4 is 17.3 Å². The summed E-state index contributed by atoms with van der Waals surface area (Å²) in [7, 11) is 0. The monoisotopic (exact) mass is 342 g/mol. The van der Waals surface area contributed by atoms with Gasteiger partial charge in [-0.1, -0.05) is 19.9 Å². The second-order valence-corrected chi connectivity index (χ2v) is 6.09. The summed E-state index contributed by atoms with van der Waals surface area (Å²) in [5, 5.41) is 5.96. The summed E-state index contributed by atoms with van der Waals surface area (Å²) in [5.41, 5.74) is 1.59. The second kappa shape index (κ2) is 9.57. The number of carbonyl (C=O) groups is 1. The molecule has 0 aromatic heterocycles. The van der Waals surface area contributed by atoms with Gasteiger partial charge in [-0.05, 0) is 49.2 Å². The molecule has 0 saturated heterocycles. The molecule has 25 heavy (non-hydrogen) atoms. The lowest BCUT2D eigenvalue weighted by molar-refractivity contribution is -0.114. The molecule has 0 aliphatic rings. The SMILES string of the molecule is CCOc1ccc(NC(=O)CNc2cccc(OCC(C)C)c2)cc1. The maximum absolute atomic E-state index is 12.1. The molecule has 0 aliphatic carbocycles. The Bertz CT molecular complexity index is 669. The highest BCUT2D eigenvalue weighted by Gasteiger charge is 2.04. The van der Waals surface area contributed by atoms with Crippen LogP contribution >= 0.6 is 0 Å². The molecule has 0 heterocycles. The standard InChI is InChI=1S/C20H26N2O3/c1-4-24-18-10-8-16(9-11-18)22-20(23)13-21-17-6-5-7-19(12-17)25-14-15(2)3/h5-12,15,21H,4,13-14H2,1-3H3,(H,22,23). The van der Waals surface area contributed by atoms with Gasteiger partial charge < -0.3 is 20.1 Å². The highest BCUT2D eigenvalue weighted by molar-refractivity contribution is 5.93. The van der Waals surface area contributed by atoms with E-state index < -0.39 is 0 Å². The average molecular weight is 342 g/mol. The first-order chi connectivity index (χ1) is 12.1. The third-order valence-electron chi connectivity index (χ3n) is 3.32. The molecule has 2 aromatic carbocycles. The molecule has 5 nitrogen and oxygen atoms in total. The molecular weight excluding hydrogens is 316 g/mol. The van der Waals surface area contributed by atoms with Gasteiger partial charge in [-0.2, -0.15) is 0 Å². The molecule has 0 aliphatic heterocycles. The third kappa shape index (κ3) is 6.75. The molecule has 0 saturated carbocycles. The van der Waals surface area contributed by atoms with Gasteiger partial charge in [-0.15, -0.1) is 0 Å². The summed E-state index contributed by atoms with van der Waals surface area (Å²) < 4.78 is 11.1. The van der Waals surface area contributed by atoms with E-state index in [1.54, 1.807) is 0 Å². The van der Waals surface area contributed by atoms with Gasteiger partial charge in [0.25, 0.3) is 0 Å². The Labute approximate surface area is 149 Å². The van der Waals surface area contributed by atoms with Crippen LogP contribution in [0.15, 0.2) is 48.5 Å². The van der Waals surface area contributed by atoms with Crippen molar-refractivity contribution in [2.24, 2.45) is 5.92 Å². The number of anilines is 2. The second-order valence-electron chi connectivity index (χ2n) is 6.09. The summed E-state index contributed by atoms with van der Waals surface area (Å²) in [6.45, 7) is 7.61. The maximum atomic E-state index is 12.1. The van der Waals surface area contributed by atoms with E-state index in [1.165, 1.54) is 0 Å². The summed E-state index contributed by atoms with van der Waals surface area (Å²) in [5.74, 6) is 1.94. The van der Waals surface area contributed by atoms with Crippen molar-refractivity contribution in [3.63, 3.8) is 0 Å². The number of carbonyl (C=O) groups excluding carboxylic acids is 1. The molecular formula is C20H26N2O3.